The van der Waals surface area contributed by atoms with Gasteiger partial charge < -0.3 is 5.32 Å². The number of imidazole rings is 1. The van der Waals surface area contributed by atoms with Gasteiger partial charge >= 0.3 is 0 Å². The predicted molar refractivity (Wildman–Crippen MR) is 116 cm³/mol. The van der Waals surface area contributed by atoms with Crippen molar-refractivity contribution in [2.24, 2.45) is 0 Å². The lowest BCUT2D eigenvalue weighted by Crippen LogP contribution is -2.17. The van der Waals surface area contributed by atoms with E-state index in [0.29, 0.717) is 29.3 Å². The van der Waals surface area contributed by atoms with Gasteiger partial charge in [-0.05, 0) is 61.4 Å². The van der Waals surface area contributed by atoms with E-state index in [4.69, 9.17) is 9.97 Å². The van der Waals surface area contributed by atoms with Crippen molar-refractivity contribution in [1.82, 2.24) is 24.5 Å². The van der Waals surface area contributed by atoms with E-state index in [9.17, 15) is 4.39 Å². The number of fused-ring (bicyclic) bond motifs is 1. The maximum atomic E-state index is 13.5. The Balaban J connectivity index is 1.66. The highest BCUT2D eigenvalue weighted by Crippen LogP contribution is 2.28. The summed E-state index contributed by atoms with van der Waals surface area (Å²) >= 11 is 0. The van der Waals surface area contributed by atoms with Crippen LogP contribution < -0.4 is 5.32 Å². The van der Waals surface area contributed by atoms with Gasteiger partial charge in [0, 0.05) is 17.8 Å². The molecule has 0 saturated heterocycles. The SMILES string of the molecule is C=Cc1ccc2c(n1)nc(-c1ccc(F)cc1)n2-c1ccnc(NC2CCCC2)n1. The molecule has 0 amide bonds. The molecule has 1 fully saturated rings. The molecule has 7 heteroatoms. The molecule has 0 aliphatic heterocycles. The minimum atomic E-state index is -0.293. The molecule has 0 unspecified atom stereocenters. The van der Waals surface area contributed by atoms with Crippen LogP contribution in [-0.2, 0) is 0 Å². The molecule has 1 aliphatic rings. The van der Waals surface area contributed by atoms with Crippen LogP contribution in [0, 0.1) is 5.82 Å². The van der Waals surface area contributed by atoms with E-state index in [1.165, 1.54) is 25.0 Å². The van der Waals surface area contributed by atoms with Gasteiger partial charge in [-0.3, -0.25) is 4.57 Å². The van der Waals surface area contributed by atoms with Gasteiger partial charge in [-0.1, -0.05) is 19.4 Å². The molecule has 0 spiro atoms. The molecule has 6 nitrogen and oxygen atoms in total. The highest BCUT2D eigenvalue weighted by molar-refractivity contribution is 5.80. The second-order valence-electron chi connectivity index (χ2n) is 7.42. The summed E-state index contributed by atoms with van der Waals surface area (Å²) in [7, 11) is 0. The first-order valence-corrected chi connectivity index (χ1v) is 10.1. The predicted octanol–water partition coefficient (Wildman–Crippen LogP) is 5.01. The zero-order chi connectivity index (χ0) is 20.5. The maximum Gasteiger partial charge on any atom is 0.224 e. The van der Waals surface area contributed by atoms with E-state index in [0.717, 1.165) is 29.6 Å². The van der Waals surface area contributed by atoms with Crippen LogP contribution >= 0.6 is 0 Å². The fourth-order valence-electron chi connectivity index (χ4n) is 3.91. The Morgan fingerprint density at radius 1 is 1.00 bits per heavy atom. The molecule has 30 heavy (non-hydrogen) atoms. The third-order valence-electron chi connectivity index (χ3n) is 5.41. The maximum absolute atomic E-state index is 13.5. The van der Waals surface area contributed by atoms with Gasteiger partial charge in [0.05, 0.1) is 11.2 Å². The number of nitrogens with zero attached hydrogens (tertiary/aromatic N) is 5. The highest BCUT2D eigenvalue weighted by Gasteiger charge is 2.19. The Kier molecular flexibility index (Phi) is 4.71. The molecule has 0 bridgehead atoms. The summed E-state index contributed by atoms with van der Waals surface area (Å²) in [5.41, 5.74) is 2.91. The second-order valence-corrected chi connectivity index (χ2v) is 7.42. The summed E-state index contributed by atoms with van der Waals surface area (Å²) in [4.78, 5) is 18.5. The molecule has 0 radical (unpaired) electrons. The normalized spacial score (nSPS) is 14.3. The summed E-state index contributed by atoms with van der Waals surface area (Å²) in [5.74, 6) is 1.63. The van der Waals surface area contributed by atoms with Crippen molar-refractivity contribution < 1.29 is 4.39 Å². The lowest BCUT2D eigenvalue weighted by Gasteiger charge is -2.13. The van der Waals surface area contributed by atoms with Crippen LogP contribution in [0.25, 0.3) is 34.4 Å². The molecule has 4 aromatic rings. The van der Waals surface area contributed by atoms with Crippen LogP contribution in [0.3, 0.4) is 0 Å². The topological polar surface area (TPSA) is 68.5 Å². The summed E-state index contributed by atoms with van der Waals surface area (Å²) in [6.45, 7) is 3.79. The van der Waals surface area contributed by atoms with Crippen molar-refractivity contribution in [3.05, 3.63) is 66.8 Å². The van der Waals surface area contributed by atoms with Gasteiger partial charge in [-0.25, -0.2) is 19.3 Å². The van der Waals surface area contributed by atoms with Gasteiger partial charge in [-0.2, -0.15) is 4.98 Å². The van der Waals surface area contributed by atoms with E-state index < -0.39 is 0 Å². The smallest absolute Gasteiger partial charge is 0.224 e. The van der Waals surface area contributed by atoms with Crippen LogP contribution in [0.5, 0.6) is 0 Å². The number of anilines is 1. The summed E-state index contributed by atoms with van der Waals surface area (Å²) in [6.07, 6.45) is 8.16. The average Bonchev–Trinajstić information content (AvgIpc) is 3.41. The van der Waals surface area contributed by atoms with E-state index in [1.54, 1.807) is 24.4 Å². The van der Waals surface area contributed by atoms with Crippen LogP contribution in [0.1, 0.15) is 31.4 Å². The molecular weight excluding hydrogens is 379 g/mol. The van der Waals surface area contributed by atoms with Crippen LogP contribution in [0.15, 0.2) is 55.2 Å². The van der Waals surface area contributed by atoms with E-state index in [2.05, 4.69) is 21.9 Å². The Morgan fingerprint density at radius 3 is 2.57 bits per heavy atom. The Morgan fingerprint density at radius 2 is 1.80 bits per heavy atom. The number of rotatable bonds is 5. The average molecular weight is 400 g/mol. The largest absolute Gasteiger partial charge is 0.351 e. The van der Waals surface area contributed by atoms with Crippen molar-refractivity contribution in [3.8, 4) is 17.2 Å². The molecule has 1 saturated carbocycles. The Hall–Kier alpha value is -3.61. The number of hydrogen-bond donors (Lipinski definition) is 1. The number of aromatic nitrogens is 5. The molecule has 5 rings (SSSR count). The first kappa shape index (κ1) is 18.4. The Bertz CT molecular complexity index is 1210. The Labute approximate surface area is 173 Å². The summed E-state index contributed by atoms with van der Waals surface area (Å²) in [5, 5.41) is 3.44. The van der Waals surface area contributed by atoms with E-state index in [-0.39, 0.29) is 5.82 Å². The van der Waals surface area contributed by atoms with Crippen molar-refractivity contribution >= 4 is 23.2 Å². The second kappa shape index (κ2) is 7.67. The lowest BCUT2D eigenvalue weighted by atomic mass is 10.2. The fourth-order valence-corrected chi connectivity index (χ4v) is 3.91. The summed E-state index contributed by atoms with van der Waals surface area (Å²) < 4.78 is 15.4. The van der Waals surface area contributed by atoms with Gasteiger partial charge in [0.1, 0.15) is 17.5 Å². The zero-order valence-electron chi connectivity index (χ0n) is 16.4. The first-order valence-electron chi connectivity index (χ1n) is 10.1. The van der Waals surface area contributed by atoms with Crippen LogP contribution in [-0.4, -0.2) is 30.5 Å². The monoisotopic (exact) mass is 400 g/mol. The van der Waals surface area contributed by atoms with Crippen LogP contribution in [0.2, 0.25) is 0 Å². The van der Waals surface area contributed by atoms with Gasteiger partial charge in [-0.15, -0.1) is 0 Å². The van der Waals surface area contributed by atoms with Crippen molar-refractivity contribution in [3.63, 3.8) is 0 Å². The number of benzene rings is 1. The lowest BCUT2D eigenvalue weighted by molar-refractivity contribution is 0.628. The van der Waals surface area contributed by atoms with Crippen molar-refractivity contribution in [1.29, 1.82) is 0 Å². The van der Waals surface area contributed by atoms with Gasteiger partial charge in [0.25, 0.3) is 0 Å². The number of nitrogens with one attached hydrogen (secondary N) is 1. The molecule has 3 heterocycles. The number of hydrogen-bond acceptors (Lipinski definition) is 5. The van der Waals surface area contributed by atoms with Crippen molar-refractivity contribution in [2.75, 3.05) is 5.32 Å². The van der Waals surface area contributed by atoms with Crippen LogP contribution in [0.4, 0.5) is 10.3 Å². The van der Waals surface area contributed by atoms with E-state index >= 15 is 0 Å². The van der Waals surface area contributed by atoms with E-state index in [1.807, 2.05) is 22.8 Å². The molecule has 150 valence electrons. The minimum Gasteiger partial charge on any atom is -0.351 e. The zero-order valence-corrected chi connectivity index (χ0v) is 16.4. The third-order valence-corrected chi connectivity index (χ3v) is 5.41. The first-order chi connectivity index (χ1) is 14.7. The number of halogens is 1. The quantitative estimate of drug-likeness (QED) is 0.510. The highest BCUT2D eigenvalue weighted by atomic mass is 19.1. The molecule has 1 N–H and O–H groups in total. The van der Waals surface area contributed by atoms with Gasteiger partial charge in [0.2, 0.25) is 5.95 Å². The fraction of sp³-hybridized carbons (Fsp3) is 0.217. The minimum absolute atomic E-state index is 0.293. The third kappa shape index (κ3) is 3.43. The number of pyridine rings is 1. The molecule has 3 aromatic heterocycles. The van der Waals surface area contributed by atoms with Gasteiger partial charge in [0.15, 0.2) is 5.65 Å². The molecular formula is C23H21FN6. The molecule has 0 atom stereocenters. The molecule has 1 aromatic carbocycles. The molecule has 1 aliphatic carbocycles. The van der Waals surface area contributed by atoms with Crippen molar-refractivity contribution in [2.45, 2.75) is 31.7 Å². The summed E-state index contributed by atoms with van der Waals surface area (Å²) in [6, 6.07) is 12.4. The standard InChI is InChI=1S/C23H21FN6/c1-2-17-11-12-19-21(26-17)29-22(15-7-9-16(24)10-8-15)30(19)20-13-14-25-23(28-20)27-18-5-3-4-6-18/h2,7-14,18H,1,3-6H2,(H,25,27,28).